The smallest absolute Gasteiger partial charge is 0.132 e. The van der Waals surface area contributed by atoms with E-state index in [2.05, 4.69) is 15.3 Å². The maximum atomic E-state index is 13.8. The number of aromatic nitrogens is 4. The average Bonchev–Trinajstić information content (AvgIpc) is 2.98. The van der Waals surface area contributed by atoms with Gasteiger partial charge in [-0.05, 0) is 24.6 Å². The summed E-state index contributed by atoms with van der Waals surface area (Å²) in [6.45, 7) is 2.48. The Morgan fingerprint density at radius 2 is 2.19 bits per heavy atom. The van der Waals surface area contributed by atoms with E-state index in [1.165, 1.54) is 6.07 Å². The van der Waals surface area contributed by atoms with Gasteiger partial charge >= 0.3 is 0 Å². The van der Waals surface area contributed by atoms with Crippen molar-refractivity contribution in [3.8, 4) is 0 Å². The summed E-state index contributed by atoms with van der Waals surface area (Å²) in [4.78, 5) is 4.27. The van der Waals surface area contributed by atoms with Crippen molar-refractivity contribution in [1.29, 1.82) is 0 Å². The highest BCUT2D eigenvalue weighted by Gasteiger charge is 2.11. The van der Waals surface area contributed by atoms with Crippen LogP contribution in [0.1, 0.15) is 30.6 Å². The number of hydrogen-bond acceptors (Lipinski definition) is 4. The second kappa shape index (κ2) is 5.57. The number of halogens is 1. The zero-order valence-corrected chi connectivity index (χ0v) is 11.7. The lowest BCUT2D eigenvalue weighted by atomic mass is 10.1. The van der Waals surface area contributed by atoms with Gasteiger partial charge in [0.05, 0.1) is 30.0 Å². The monoisotopic (exact) mass is 285 g/mol. The fourth-order valence-corrected chi connectivity index (χ4v) is 2.27. The highest BCUT2D eigenvalue weighted by molar-refractivity contribution is 5.82. The number of rotatable bonds is 4. The Hall–Kier alpha value is -2.34. The number of pyridine rings is 1. The molecule has 1 atom stereocenters. The van der Waals surface area contributed by atoms with E-state index in [-0.39, 0.29) is 11.9 Å². The Morgan fingerprint density at radius 1 is 1.33 bits per heavy atom. The van der Waals surface area contributed by atoms with Crippen LogP contribution in [0.25, 0.3) is 10.9 Å². The molecule has 0 saturated heterocycles. The van der Waals surface area contributed by atoms with Crippen molar-refractivity contribution in [2.24, 2.45) is 5.73 Å². The van der Waals surface area contributed by atoms with E-state index in [1.807, 2.05) is 13.1 Å². The van der Waals surface area contributed by atoms with Crippen molar-refractivity contribution in [2.75, 3.05) is 0 Å². The topological polar surface area (TPSA) is 69.6 Å². The van der Waals surface area contributed by atoms with E-state index in [4.69, 9.17) is 5.73 Å². The first-order chi connectivity index (χ1) is 10.2. The molecule has 0 saturated carbocycles. The Kier molecular flexibility index (Phi) is 3.62. The molecule has 5 nitrogen and oxygen atoms in total. The number of hydrogen-bond donors (Lipinski definition) is 1. The lowest BCUT2D eigenvalue weighted by Crippen LogP contribution is -2.08. The van der Waals surface area contributed by atoms with Gasteiger partial charge in [-0.15, -0.1) is 5.10 Å². The van der Waals surface area contributed by atoms with Crippen molar-refractivity contribution in [3.05, 3.63) is 53.7 Å². The molecule has 0 radical (unpaired) electrons. The van der Waals surface area contributed by atoms with Crippen LogP contribution in [0.2, 0.25) is 0 Å². The standard InChI is InChI=1S/C15H16FN5/c1-2-13(17)14-9-21(20-19-14)8-10-5-6-12(16)11-4-3-7-18-15(10)11/h3-7,9,13H,2,8,17H2,1H3. The number of fused-ring (bicyclic) bond motifs is 1. The largest absolute Gasteiger partial charge is 0.323 e. The first kappa shape index (κ1) is 13.6. The predicted molar refractivity (Wildman–Crippen MR) is 78.0 cm³/mol. The molecule has 2 aromatic heterocycles. The number of benzene rings is 1. The summed E-state index contributed by atoms with van der Waals surface area (Å²) in [5.41, 5.74) is 8.24. The first-order valence-corrected chi connectivity index (χ1v) is 6.86. The van der Waals surface area contributed by atoms with E-state index in [0.29, 0.717) is 17.4 Å². The molecule has 0 aliphatic rings. The summed E-state index contributed by atoms with van der Waals surface area (Å²) in [5.74, 6) is -0.269. The molecular weight excluding hydrogens is 269 g/mol. The summed E-state index contributed by atoms with van der Waals surface area (Å²) in [6, 6.07) is 6.52. The lowest BCUT2D eigenvalue weighted by Gasteiger charge is -2.06. The van der Waals surface area contributed by atoms with Gasteiger partial charge in [-0.2, -0.15) is 0 Å². The zero-order valence-electron chi connectivity index (χ0n) is 11.7. The molecule has 6 heteroatoms. The van der Waals surface area contributed by atoms with Crippen LogP contribution >= 0.6 is 0 Å². The van der Waals surface area contributed by atoms with Gasteiger partial charge < -0.3 is 5.73 Å². The van der Waals surface area contributed by atoms with E-state index < -0.39 is 0 Å². The molecule has 1 unspecified atom stereocenters. The van der Waals surface area contributed by atoms with Crippen molar-refractivity contribution in [3.63, 3.8) is 0 Å². The molecule has 0 spiro atoms. The lowest BCUT2D eigenvalue weighted by molar-refractivity contribution is 0.632. The molecule has 108 valence electrons. The Morgan fingerprint density at radius 3 is 3.00 bits per heavy atom. The third-order valence-electron chi connectivity index (χ3n) is 3.51. The van der Waals surface area contributed by atoms with Crippen LogP contribution in [0, 0.1) is 5.82 Å². The van der Waals surface area contributed by atoms with Crippen molar-refractivity contribution in [1.82, 2.24) is 20.0 Å². The zero-order chi connectivity index (χ0) is 14.8. The normalized spacial score (nSPS) is 12.7. The molecule has 3 aromatic rings. The second-order valence-electron chi connectivity index (χ2n) is 4.96. The molecule has 0 fully saturated rings. The van der Waals surface area contributed by atoms with Crippen LogP contribution in [-0.2, 0) is 6.54 Å². The molecule has 21 heavy (non-hydrogen) atoms. The molecule has 0 bridgehead atoms. The summed E-state index contributed by atoms with van der Waals surface area (Å²) in [6.07, 6.45) is 4.29. The molecular formula is C15H16FN5. The first-order valence-electron chi connectivity index (χ1n) is 6.86. The Labute approximate surface area is 121 Å². The Bertz CT molecular complexity index is 768. The fourth-order valence-electron chi connectivity index (χ4n) is 2.27. The van der Waals surface area contributed by atoms with Crippen molar-refractivity contribution in [2.45, 2.75) is 25.9 Å². The van der Waals surface area contributed by atoms with E-state index in [9.17, 15) is 4.39 Å². The molecule has 1 aromatic carbocycles. The van der Waals surface area contributed by atoms with Crippen LogP contribution in [-0.4, -0.2) is 20.0 Å². The van der Waals surface area contributed by atoms with Gasteiger partial charge in [-0.1, -0.05) is 18.2 Å². The van der Waals surface area contributed by atoms with Crippen LogP contribution in [0.3, 0.4) is 0 Å². The summed E-state index contributed by atoms with van der Waals surface area (Å²) in [5, 5.41) is 8.66. The minimum Gasteiger partial charge on any atom is -0.323 e. The predicted octanol–water partition coefficient (Wildman–Crippen LogP) is 2.42. The summed E-state index contributed by atoms with van der Waals surface area (Å²) < 4.78 is 15.5. The molecule has 2 heterocycles. The van der Waals surface area contributed by atoms with Crippen LogP contribution in [0.4, 0.5) is 4.39 Å². The summed E-state index contributed by atoms with van der Waals surface area (Å²) in [7, 11) is 0. The van der Waals surface area contributed by atoms with Gasteiger partial charge in [0.1, 0.15) is 5.82 Å². The third-order valence-corrected chi connectivity index (χ3v) is 3.51. The minimum absolute atomic E-state index is 0.109. The maximum absolute atomic E-state index is 13.8. The fraction of sp³-hybridized carbons (Fsp3) is 0.267. The minimum atomic E-state index is -0.269. The van der Waals surface area contributed by atoms with Gasteiger partial charge in [-0.3, -0.25) is 4.98 Å². The second-order valence-corrected chi connectivity index (χ2v) is 4.96. The van der Waals surface area contributed by atoms with Crippen molar-refractivity contribution >= 4 is 10.9 Å². The summed E-state index contributed by atoms with van der Waals surface area (Å²) >= 11 is 0. The molecule has 0 aliphatic heterocycles. The Balaban J connectivity index is 1.95. The highest BCUT2D eigenvalue weighted by atomic mass is 19.1. The van der Waals surface area contributed by atoms with Crippen LogP contribution in [0.15, 0.2) is 36.7 Å². The van der Waals surface area contributed by atoms with Crippen LogP contribution < -0.4 is 5.73 Å². The van der Waals surface area contributed by atoms with Crippen LogP contribution in [0.5, 0.6) is 0 Å². The van der Waals surface area contributed by atoms with Gasteiger partial charge in [0.15, 0.2) is 0 Å². The maximum Gasteiger partial charge on any atom is 0.132 e. The van der Waals surface area contributed by atoms with Gasteiger partial charge in [0.25, 0.3) is 0 Å². The van der Waals surface area contributed by atoms with Crippen molar-refractivity contribution < 1.29 is 4.39 Å². The number of nitrogens with zero attached hydrogens (tertiary/aromatic N) is 4. The SMILES string of the molecule is CCC(N)c1cn(Cc2ccc(F)c3cccnc23)nn1. The van der Waals surface area contributed by atoms with Gasteiger partial charge in [-0.25, -0.2) is 9.07 Å². The van der Waals surface area contributed by atoms with E-state index in [1.54, 1.807) is 29.1 Å². The molecule has 3 rings (SSSR count). The number of nitrogens with two attached hydrogens (primary N) is 1. The third kappa shape index (κ3) is 2.62. The molecule has 0 amide bonds. The van der Waals surface area contributed by atoms with Gasteiger partial charge in [0.2, 0.25) is 0 Å². The quantitative estimate of drug-likeness (QED) is 0.799. The van der Waals surface area contributed by atoms with E-state index in [0.717, 1.165) is 17.7 Å². The molecule has 2 N–H and O–H groups in total. The van der Waals surface area contributed by atoms with E-state index >= 15 is 0 Å². The highest BCUT2D eigenvalue weighted by Crippen LogP contribution is 2.20. The van der Waals surface area contributed by atoms with Gasteiger partial charge in [0, 0.05) is 17.1 Å². The average molecular weight is 285 g/mol. The molecule has 0 aliphatic carbocycles.